The summed E-state index contributed by atoms with van der Waals surface area (Å²) in [6.45, 7) is 4.26. The number of carbonyl (C=O) groups excluding carboxylic acids is 1. The van der Waals surface area contributed by atoms with Crippen molar-refractivity contribution in [2.75, 3.05) is 54.9 Å². The van der Waals surface area contributed by atoms with E-state index in [1.54, 1.807) is 14.2 Å². The second-order valence-corrected chi connectivity index (χ2v) is 12.2. The quantitative estimate of drug-likeness (QED) is 0.0872. The number of amides is 1. The molecule has 39 heavy (non-hydrogen) atoms. The zero-order chi connectivity index (χ0) is 29.4. The second kappa shape index (κ2) is 20.5. The van der Waals surface area contributed by atoms with Gasteiger partial charge in [0.25, 0.3) is 0 Å². The molecule has 12 nitrogen and oxygen atoms in total. The van der Waals surface area contributed by atoms with Gasteiger partial charge >= 0.3 is 0 Å². The molecule has 4 N–H and O–H groups in total. The predicted octanol–water partition coefficient (Wildman–Crippen LogP) is 0.913. The summed E-state index contributed by atoms with van der Waals surface area (Å²) in [6.07, 6.45) is -1.18. The van der Waals surface area contributed by atoms with E-state index in [9.17, 15) is 15.0 Å². The number of unbranched alkanes of at least 4 members (excludes halogenated alkanes) is 1. The Balaban J connectivity index is 2.65. The average Bonchev–Trinajstić information content (AvgIpc) is 2.89. The van der Waals surface area contributed by atoms with Crippen LogP contribution in [0.15, 0.2) is 0 Å². The third kappa shape index (κ3) is 13.4. The van der Waals surface area contributed by atoms with Crippen LogP contribution in [-0.2, 0) is 49.3 Å². The van der Waals surface area contributed by atoms with E-state index in [-0.39, 0.29) is 24.0 Å². The highest BCUT2D eigenvalue weighted by molar-refractivity contribution is 8.00. The van der Waals surface area contributed by atoms with Gasteiger partial charge in [-0.3, -0.25) is 4.79 Å². The second-order valence-electron chi connectivity index (χ2n) is 9.48. The van der Waals surface area contributed by atoms with Crippen LogP contribution in [0.5, 0.6) is 0 Å². The summed E-state index contributed by atoms with van der Waals surface area (Å²) in [6, 6.07) is -0.835. The molecule has 1 aliphatic rings. The van der Waals surface area contributed by atoms with Gasteiger partial charge in [0, 0.05) is 48.6 Å². The van der Waals surface area contributed by atoms with Crippen LogP contribution in [0.2, 0.25) is 0 Å². The van der Waals surface area contributed by atoms with Crippen molar-refractivity contribution in [1.82, 2.24) is 10.6 Å². The molecule has 1 amide bonds. The molecular formula is C24H47N2O10PS2. The third-order valence-corrected chi connectivity index (χ3v) is 8.22. The largest absolute Gasteiger partial charge is 0.394 e. The van der Waals surface area contributed by atoms with Crippen LogP contribution in [0.1, 0.15) is 39.5 Å². The Labute approximate surface area is 243 Å². The summed E-state index contributed by atoms with van der Waals surface area (Å²) in [5, 5.41) is 26.1. The predicted molar refractivity (Wildman–Crippen MR) is 155 cm³/mol. The van der Waals surface area contributed by atoms with E-state index >= 15 is 0 Å². The molecule has 0 aromatic heterocycles. The number of rotatable bonds is 20. The number of hydrogen-bond acceptors (Lipinski definition) is 12. The lowest BCUT2D eigenvalue weighted by atomic mass is 9.96. The average molecular weight is 619 g/mol. The van der Waals surface area contributed by atoms with Crippen LogP contribution >= 0.6 is 19.4 Å². The number of thiocarbonyl (C=S) groups is 1. The highest BCUT2D eigenvalue weighted by Gasteiger charge is 2.46. The molecule has 1 saturated heterocycles. The van der Waals surface area contributed by atoms with Crippen LogP contribution in [-0.4, -0.2) is 119 Å². The fraction of sp³-hybridized carbons (Fsp3) is 0.917. The molecule has 0 aliphatic carbocycles. The van der Waals surface area contributed by atoms with E-state index in [0.29, 0.717) is 37.7 Å². The standard InChI is InChI=1S/C24H47N2O10PS2/c1-15(13-30-3)11-17(19(31-4)14-35-37(39)33-6)26-20(38)9-7-8-10-34-24-21(25-16(2)28)23(32-5)22(29)18(12-27)36-24/h15,17-19,21-24,27,29,37H,7-14H2,1-6H3,(H,25,28)(H,26,38)/t15-,17?,18-,19+,21-,22+,23-,24-/m1/s1. The minimum absolute atomic E-state index is 0.104. The lowest BCUT2D eigenvalue weighted by Crippen LogP contribution is -2.65. The van der Waals surface area contributed by atoms with Gasteiger partial charge in [-0.15, -0.1) is 0 Å². The molecule has 1 aliphatic heterocycles. The fourth-order valence-electron chi connectivity index (χ4n) is 4.39. The number of aliphatic hydroxyl groups is 2. The Bertz CT molecular complexity index is 741. The molecule has 2 unspecified atom stereocenters. The normalized spacial score (nSPS) is 26.4. The first-order valence-electron chi connectivity index (χ1n) is 13.0. The summed E-state index contributed by atoms with van der Waals surface area (Å²) in [7, 11) is 4.50. The number of methoxy groups -OCH3 is 3. The van der Waals surface area contributed by atoms with Gasteiger partial charge in [-0.25, -0.2) is 0 Å². The molecule has 9 atom stereocenters. The number of nitrogens with one attached hydrogen (secondary N) is 2. The third-order valence-electron chi connectivity index (χ3n) is 6.31. The van der Waals surface area contributed by atoms with Gasteiger partial charge < -0.3 is 53.6 Å². The van der Waals surface area contributed by atoms with Gasteiger partial charge in [0.2, 0.25) is 5.91 Å². The summed E-state index contributed by atoms with van der Waals surface area (Å²) in [4.78, 5) is 12.4. The maximum absolute atomic E-state index is 11.7. The fourth-order valence-corrected chi connectivity index (χ4v) is 5.31. The number of aliphatic hydroxyl groups excluding tert-OH is 2. The van der Waals surface area contributed by atoms with Gasteiger partial charge in [-0.05, 0) is 43.4 Å². The van der Waals surface area contributed by atoms with Crippen molar-refractivity contribution in [3.05, 3.63) is 0 Å². The monoisotopic (exact) mass is 618 g/mol. The van der Waals surface area contributed by atoms with Crippen LogP contribution in [0.4, 0.5) is 0 Å². The first kappa shape index (κ1) is 36.7. The van der Waals surface area contributed by atoms with Crippen molar-refractivity contribution in [2.45, 2.75) is 82.3 Å². The van der Waals surface area contributed by atoms with Crippen molar-refractivity contribution in [1.29, 1.82) is 0 Å². The Morgan fingerprint density at radius 1 is 1.18 bits per heavy atom. The SMILES string of the molecule is COC[C@H](C)CC(NC(=S)CCCCO[C@@H]1O[C@H](CO)[C@H](O)[C@H](OC)[C@H]1NC(C)=O)[C@H](CO[PH](=S)OC)OC. The summed E-state index contributed by atoms with van der Waals surface area (Å²) >= 11 is 10.8. The summed E-state index contributed by atoms with van der Waals surface area (Å²) in [5.74, 6) is -0.0482. The van der Waals surface area contributed by atoms with Crippen molar-refractivity contribution < 1.29 is 47.7 Å². The van der Waals surface area contributed by atoms with Crippen LogP contribution < -0.4 is 10.6 Å². The van der Waals surface area contributed by atoms with E-state index < -0.39 is 44.4 Å². The van der Waals surface area contributed by atoms with Crippen LogP contribution in [0, 0.1) is 5.92 Å². The Kier molecular flexibility index (Phi) is 19.3. The first-order valence-corrected chi connectivity index (χ1v) is 15.8. The van der Waals surface area contributed by atoms with Crippen LogP contribution in [0.25, 0.3) is 0 Å². The minimum atomic E-state index is -1.75. The van der Waals surface area contributed by atoms with E-state index in [1.165, 1.54) is 21.1 Å². The molecule has 1 fully saturated rings. The molecule has 0 spiro atoms. The topological polar surface area (TPSA) is 146 Å². The van der Waals surface area contributed by atoms with Gasteiger partial charge in [0.1, 0.15) is 30.5 Å². The van der Waals surface area contributed by atoms with E-state index in [1.807, 2.05) is 0 Å². The minimum Gasteiger partial charge on any atom is -0.394 e. The molecule has 15 heteroatoms. The lowest BCUT2D eigenvalue weighted by molar-refractivity contribution is -0.273. The molecule has 0 aromatic rings. The number of ether oxygens (including phenoxy) is 5. The highest BCUT2D eigenvalue weighted by atomic mass is 32.4. The zero-order valence-corrected chi connectivity index (χ0v) is 26.4. The van der Waals surface area contributed by atoms with Crippen molar-refractivity contribution >= 4 is 42.1 Å². The van der Waals surface area contributed by atoms with Gasteiger partial charge in [-0.1, -0.05) is 19.1 Å². The zero-order valence-electron chi connectivity index (χ0n) is 23.8. The van der Waals surface area contributed by atoms with Gasteiger partial charge in [0.15, 0.2) is 13.4 Å². The van der Waals surface area contributed by atoms with E-state index in [4.69, 9.17) is 56.8 Å². The maximum Gasteiger partial charge on any atom is 0.217 e. The maximum atomic E-state index is 11.7. The molecule has 0 radical (unpaired) electrons. The van der Waals surface area contributed by atoms with Crippen molar-refractivity contribution in [3.8, 4) is 0 Å². The molecule has 0 bridgehead atoms. The van der Waals surface area contributed by atoms with Gasteiger partial charge in [0.05, 0.1) is 24.2 Å². The Hall–Kier alpha value is -0.350. The van der Waals surface area contributed by atoms with Gasteiger partial charge in [-0.2, -0.15) is 0 Å². The Morgan fingerprint density at radius 2 is 1.90 bits per heavy atom. The summed E-state index contributed by atoms with van der Waals surface area (Å²) in [5.41, 5.74) is 0. The molecule has 0 aromatic carbocycles. The summed E-state index contributed by atoms with van der Waals surface area (Å²) < 4.78 is 38.7. The first-order chi connectivity index (χ1) is 18.6. The highest BCUT2D eigenvalue weighted by Crippen LogP contribution is 2.25. The Morgan fingerprint density at radius 3 is 2.46 bits per heavy atom. The molecule has 0 saturated carbocycles. The van der Waals surface area contributed by atoms with Crippen molar-refractivity contribution in [3.63, 3.8) is 0 Å². The van der Waals surface area contributed by atoms with Crippen molar-refractivity contribution in [2.24, 2.45) is 5.92 Å². The lowest BCUT2D eigenvalue weighted by Gasteiger charge is -2.43. The molecule has 1 heterocycles. The molecule has 1 rings (SSSR count). The van der Waals surface area contributed by atoms with Crippen LogP contribution in [0.3, 0.4) is 0 Å². The molecule has 230 valence electrons. The van der Waals surface area contributed by atoms with E-state index in [0.717, 1.165) is 12.8 Å². The number of hydrogen-bond donors (Lipinski definition) is 4. The molecular weight excluding hydrogens is 571 g/mol. The number of carbonyl (C=O) groups is 1. The smallest absolute Gasteiger partial charge is 0.217 e. The van der Waals surface area contributed by atoms with E-state index in [2.05, 4.69) is 17.6 Å².